The molecule has 0 aliphatic heterocycles. The summed E-state index contributed by atoms with van der Waals surface area (Å²) in [5.41, 5.74) is 3.56. The van der Waals surface area contributed by atoms with Crippen molar-refractivity contribution in [1.29, 1.82) is 0 Å². The summed E-state index contributed by atoms with van der Waals surface area (Å²) in [6.07, 6.45) is 5.89. The number of carbonyl (C=O) groups excluding carboxylic acids is 1. The Kier molecular flexibility index (Phi) is 8.70. The summed E-state index contributed by atoms with van der Waals surface area (Å²) in [6, 6.07) is 25.6. The van der Waals surface area contributed by atoms with E-state index >= 15 is 0 Å². The minimum atomic E-state index is -0.714. The molecule has 1 atom stereocenters. The Hall–Kier alpha value is -3.19. The number of rotatable bonds is 12. The lowest BCUT2D eigenvalue weighted by atomic mass is 9.54. The van der Waals surface area contributed by atoms with E-state index in [9.17, 15) is 15.0 Å². The number of aliphatic hydroxyl groups excluding tert-OH is 2. The van der Waals surface area contributed by atoms with E-state index in [-0.39, 0.29) is 19.1 Å². The van der Waals surface area contributed by atoms with E-state index in [0.29, 0.717) is 48.8 Å². The molecule has 1 unspecified atom stereocenters. The Bertz CT molecular complexity index is 1280. The second-order valence-electron chi connectivity index (χ2n) is 12.4. The van der Waals surface area contributed by atoms with Gasteiger partial charge in [-0.15, -0.1) is 0 Å². The molecule has 6 nitrogen and oxygen atoms in total. The first kappa shape index (κ1) is 28.0. The van der Waals surface area contributed by atoms with E-state index in [1.807, 2.05) is 60.7 Å². The molecule has 0 spiro atoms. The third-order valence-electron chi connectivity index (χ3n) is 9.56. The zero-order chi connectivity index (χ0) is 28.2. The Morgan fingerprint density at radius 1 is 0.854 bits per heavy atom. The summed E-state index contributed by atoms with van der Waals surface area (Å²) < 4.78 is 6.10. The maximum Gasteiger partial charge on any atom is 0.255 e. The summed E-state index contributed by atoms with van der Waals surface area (Å²) in [5.74, 6) is 3.37. The predicted molar refractivity (Wildman–Crippen MR) is 159 cm³/mol. The van der Waals surface area contributed by atoms with Crippen LogP contribution in [-0.2, 0) is 19.7 Å². The number of nitrogens with zero attached hydrogens (tertiary/aromatic N) is 1. The average Bonchev–Trinajstić information content (AvgIpc) is 2.99. The molecule has 0 radical (unpaired) electrons. The van der Waals surface area contributed by atoms with E-state index < -0.39 is 6.10 Å². The highest BCUT2D eigenvalue weighted by molar-refractivity contribution is 5.96. The number of hydrogen-bond acceptors (Lipinski definition) is 5. The molecule has 4 bridgehead atoms. The second-order valence-corrected chi connectivity index (χ2v) is 12.4. The van der Waals surface area contributed by atoms with Crippen LogP contribution in [-0.4, -0.2) is 46.3 Å². The van der Waals surface area contributed by atoms with Gasteiger partial charge in [0.25, 0.3) is 5.91 Å². The number of carbonyl (C=O) groups is 1. The van der Waals surface area contributed by atoms with Crippen molar-refractivity contribution in [3.63, 3.8) is 0 Å². The molecule has 3 N–H and O–H groups in total. The monoisotopic (exact) mass is 554 g/mol. The van der Waals surface area contributed by atoms with Gasteiger partial charge in [0.1, 0.15) is 18.5 Å². The van der Waals surface area contributed by atoms with Gasteiger partial charge in [0.2, 0.25) is 0 Å². The standard InChI is InChI=1S/C35H42N2O4/c38-22-28-11-5-4-10-27(28)20-37(34-29-15-25-14-26(17-29)18-30(34)16-25)21-31(39)23-41-33-13-7-6-12-32(33)35(40)36-19-24-8-2-1-3-9-24/h1-13,25-26,29-31,34,38-39H,14-23H2,(H,36,40). The first-order valence-electron chi connectivity index (χ1n) is 15.2. The molecule has 7 rings (SSSR count). The van der Waals surface area contributed by atoms with Crippen molar-refractivity contribution in [2.75, 3.05) is 13.2 Å². The summed E-state index contributed by atoms with van der Waals surface area (Å²) >= 11 is 0. The van der Waals surface area contributed by atoms with E-state index in [0.717, 1.165) is 28.5 Å². The number of nitrogens with one attached hydrogen (secondary N) is 1. The third-order valence-corrected chi connectivity index (χ3v) is 9.56. The van der Waals surface area contributed by atoms with Crippen LogP contribution in [0.1, 0.15) is 59.2 Å². The molecule has 3 aromatic carbocycles. The number of amides is 1. The van der Waals surface area contributed by atoms with Crippen LogP contribution in [0, 0.1) is 23.7 Å². The highest BCUT2D eigenvalue weighted by Crippen LogP contribution is 2.55. The Morgan fingerprint density at radius 3 is 2.20 bits per heavy atom. The van der Waals surface area contributed by atoms with Gasteiger partial charge in [-0.25, -0.2) is 0 Å². The molecule has 4 fully saturated rings. The summed E-state index contributed by atoms with van der Waals surface area (Å²) in [7, 11) is 0. The lowest BCUT2D eigenvalue weighted by molar-refractivity contribution is -0.0805. The maximum absolute atomic E-state index is 13.0. The van der Waals surface area contributed by atoms with E-state index in [1.165, 1.54) is 32.1 Å². The van der Waals surface area contributed by atoms with Crippen LogP contribution < -0.4 is 10.1 Å². The van der Waals surface area contributed by atoms with Gasteiger partial charge in [-0.2, -0.15) is 0 Å². The molecule has 216 valence electrons. The van der Waals surface area contributed by atoms with Crippen LogP contribution in [0.25, 0.3) is 0 Å². The Labute approximate surface area is 243 Å². The minimum Gasteiger partial charge on any atom is -0.490 e. The van der Waals surface area contributed by atoms with Crippen molar-refractivity contribution in [3.8, 4) is 5.75 Å². The molecule has 4 saturated carbocycles. The Morgan fingerprint density at radius 2 is 1.49 bits per heavy atom. The molecule has 0 aromatic heterocycles. The van der Waals surface area contributed by atoms with Gasteiger partial charge in [0.15, 0.2) is 0 Å². The fourth-order valence-electron chi connectivity index (χ4n) is 8.03. The van der Waals surface area contributed by atoms with Gasteiger partial charge in [-0.05, 0) is 84.6 Å². The predicted octanol–water partition coefficient (Wildman–Crippen LogP) is 5.18. The summed E-state index contributed by atoms with van der Waals surface area (Å²) in [5, 5.41) is 24.3. The zero-order valence-corrected chi connectivity index (χ0v) is 23.7. The largest absolute Gasteiger partial charge is 0.490 e. The molecule has 1 amide bonds. The van der Waals surface area contributed by atoms with Gasteiger partial charge >= 0.3 is 0 Å². The van der Waals surface area contributed by atoms with Gasteiger partial charge in [-0.3, -0.25) is 9.69 Å². The van der Waals surface area contributed by atoms with Crippen LogP contribution in [0.3, 0.4) is 0 Å². The van der Waals surface area contributed by atoms with Crippen LogP contribution in [0.15, 0.2) is 78.9 Å². The van der Waals surface area contributed by atoms with Gasteiger partial charge in [0, 0.05) is 25.7 Å². The van der Waals surface area contributed by atoms with Crippen molar-refractivity contribution in [1.82, 2.24) is 10.2 Å². The first-order valence-corrected chi connectivity index (χ1v) is 15.2. The minimum absolute atomic E-state index is 0.0144. The van der Waals surface area contributed by atoms with Crippen molar-refractivity contribution >= 4 is 5.91 Å². The normalized spacial score (nSPS) is 25.3. The fourth-order valence-corrected chi connectivity index (χ4v) is 8.03. The number of para-hydroxylation sites is 1. The maximum atomic E-state index is 13.0. The average molecular weight is 555 g/mol. The zero-order valence-electron chi connectivity index (χ0n) is 23.7. The molecule has 4 aliphatic carbocycles. The van der Waals surface area contributed by atoms with E-state index in [4.69, 9.17) is 4.74 Å². The molecule has 3 aromatic rings. The molecular formula is C35H42N2O4. The fraction of sp³-hybridized carbons (Fsp3) is 0.457. The lowest BCUT2D eigenvalue weighted by Crippen LogP contribution is -2.57. The van der Waals surface area contributed by atoms with Crippen LogP contribution in [0.5, 0.6) is 5.75 Å². The third kappa shape index (κ3) is 6.50. The first-order chi connectivity index (χ1) is 20.1. The number of benzene rings is 3. The van der Waals surface area contributed by atoms with Gasteiger partial charge < -0.3 is 20.3 Å². The van der Waals surface area contributed by atoms with Crippen LogP contribution >= 0.6 is 0 Å². The number of ether oxygens (including phenoxy) is 1. The van der Waals surface area contributed by atoms with E-state index in [2.05, 4.69) is 16.3 Å². The smallest absolute Gasteiger partial charge is 0.255 e. The molecule has 6 heteroatoms. The number of hydrogen-bond donors (Lipinski definition) is 3. The van der Waals surface area contributed by atoms with Crippen molar-refractivity contribution in [2.45, 2.75) is 63.9 Å². The topological polar surface area (TPSA) is 82.0 Å². The molecule has 0 heterocycles. The van der Waals surface area contributed by atoms with Crippen molar-refractivity contribution < 1.29 is 19.7 Å². The molecule has 0 saturated heterocycles. The number of aliphatic hydroxyl groups is 2. The lowest BCUT2D eigenvalue weighted by Gasteiger charge is -2.57. The van der Waals surface area contributed by atoms with Crippen LogP contribution in [0.2, 0.25) is 0 Å². The highest BCUT2D eigenvalue weighted by atomic mass is 16.5. The van der Waals surface area contributed by atoms with Crippen molar-refractivity contribution in [2.24, 2.45) is 23.7 Å². The van der Waals surface area contributed by atoms with E-state index in [1.54, 1.807) is 12.1 Å². The van der Waals surface area contributed by atoms with Gasteiger partial charge in [-0.1, -0.05) is 66.7 Å². The Balaban J connectivity index is 1.13. The molecule has 4 aliphatic rings. The SMILES string of the molecule is O=C(NCc1ccccc1)c1ccccc1OCC(O)CN(Cc1ccccc1CO)C1C2CC3CC(C2)CC1C3. The van der Waals surface area contributed by atoms with Crippen molar-refractivity contribution in [3.05, 3.63) is 101 Å². The quantitative estimate of drug-likeness (QED) is 0.288. The van der Waals surface area contributed by atoms with Gasteiger partial charge in [0.05, 0.1) is 12.2 Å². The summed E-state index contributed by atoms with van der Waals surface area (Å²) in [6.45, 7) is 1.76. The molecule has 41 heavy (non-hydrogen) atoms. The second kappa shape index (κ2) is 12.8. The van der Waals surface area contributed by atoms with Crippen LogP contribution in [0.4, 0.5) is 0 Å². The molecular weight excluding hydrogens is 512 g/mol. The highest BCUT2D eigenvalue weighted by Gasteiger charge is 2.50. The summed E-state index contributed by atoms with van der Waals surface area (Å²) in [4.78, 5) is 15.5.